The predicted molar refractivity (Wildman–Crippen MR) is 99.4 cm³/mol. The summed E-state index contributed by atoms with van der Waals surface area (Å²) in [5, 5.41) is 0. The minimum atomic E-state index is -3.13. The van der Waals surface area contributed by atoms with Gasteiger partial charge in [-0.05, 0) is 62.9 Å². The molecule has 134 valence electrons. The van der Waals surface area contributed by atoms with Crippen LogP contribution in [-0.2, 0) is 9.84 Å². The Bertz CT molecular complexity index is 643. The van der Waals surface area contributed by atoms with Crippen LogP contribution in [0.25, 0.3) is 0 Å². The van der Waals surface area contributed by atoms with E-state index in [1.54, 1.807) is 13.0 Å². The summed E-state index contributed by atoms with van der Waals surface area (Å²) in [6, 6.07) is 8.18. The zero-order valence-electron chi connectivity index (χ0n) is 14.9. The number of hydrogen-bond acceptors (Lipinski definition) is 4. The molecule has 3 rings (SSSR count). The monoisotopic (exact) mass is 350 g/mol. The van der Waals surface area contributed by atoms with Gasteiger partial charge in [0.05, 0.1) is 10.6 Å². The molecule has 0 radical (unpaired) electrons. The molecule has 0 N–H and O–H groups in total. The van der Waals surface area contributed by atoms with Crippen LogP contribution < -0.4 is 4.90 Å². The Morgan fingerprint density at radius 2 is 1.71 bits per heavy atom. The Balaban J connectivity index is 1.62. The predicted octanol–water partition coefficient (Wildman–Crippen LogP) is 3.18. The summed E-state index contributed by atoms with van der Waals surface area (Å²) < 4.78 is 24.2. The third-order valence-electron chi connectivity index (χ3n) is 5.72. The number of sulfone groups is 1. The fourth-order valence-corrected chi connectivity index (χ4v) is 4.84. The molecule has 2 saturated heterocycles. The van der Waals surface area contributed by atoms with E-state index in [1.807, 2.05) is 18.2 Å². The molecule has 24 heavy (non-hydrogen) atoms. The third-order valence-corrected chi connectivity index (χ3v) is 7.45. The van der Waals surface area contributed by atoms with Gasteiger partial charge in [0.1, 0.15) is 0 Å². The Kier molecular flexibility index (Phi) is 5.50. The van der Waals surface area contributed by atoms with Crippen LogP contribution in [-0.4, -0.2) is 51.3 Å². The van der Waals surface area contributed by atoms with Crippen LogP contribution in [0.15, 0.2) is 29.2 Å². The molecule has 0 bridgehead atoms. The average molecular weight is 351 g/mol. The number of rotatable bonds is 4. The SMILES string of the molecule is CCS(=O)(=O)c1cccc(N2CCC(N3CCC(C)CC3)CC2)c1. The van der Waals surface area contributed by atoms with Gasteiger partial charge >= 0.3 is 0 Å². The number of anilines is 1. The lowest BCUT2D eigenvalue weighted by atomic mass is 9.95. The van der Waals surface area contributed by atoms with Crippen molar-refractivity contribution in [2.24, 2.45) is 5.92 Å². The van der Waals surface area contributed by atoms with E-state index in [2.05, 4.69) is 16.7 Å². The van der Waals surface area contributed by atoms with Gasteiger partial charge in [-0.1, -0.05) is 19.9 Å². The summed E-state index contributed by atoms with van der Waals surface area (Å²) >= 11 is 0. The summed E-state index contributed by atoms with van der Waals surface area (Å²) in [6.45, 7) is 8.59. The molecule has 2 aliphatic rings. The van der Waals surface area contributed by atoms with Crippen LogP contribution in [0.5, 0.6) is 0 Å². The zero-order chi connectivity index (χ0) is 17.2. The van der Waals surface area contributed by atoms with Crippen LogP contribution in [0.2, 0.25) is 0 Å². The van der Waals surface area contributed by atoms with Crippen molar-refractivity contribution < 1.29 is 8.42 Å². The first-order chi connectivity index (χ1) is 11.5. The quantitative estimate of drug-likeness (QED) is 0.836. The lowest BCUT2D eigenvalue weighted by Crippen LogP contribution is -2.47. The molecule has 0 saturated carbocycles. The minimum absolute atomic E-state index is 0.159. The molecule has 2 heterocycles. The van der Waals surface area contributed by atoms with Gasteiger partial charge < -0.3 is 9.80 Å². The number of likely N-dealkylation sites (tertiary alicyclic amines) is 1. The van der Waals surface area contributed by atoms with Crippen LogP contribution in [0, 0.1) is 5.92 Å². The maximum absolute atomic E-state index is 12.1. The van der Waals surface area contributed by atoms with Gasteiger partial charge in [0, 0.05) is 24.8 Å². The van der Waals surface area contributed by atoms with E-state index in [9.17, 15) is 8.42 Å². The highest BCUT2D eigenvalue weighted by Gasteiger charge is 2.27. The van der Waals surface area contributed by atoms with Gasteiger partial charge in [-0.15, -0.1) is 0 Å². The molecule has 0 aliphatic carbocycles. The number of piperidine rings is 2. The van der Waals surface area contributed by atoms with Gasteiger partial charge in [0.2, 0.25) is 0 Å². The second kappa shape index (κ2) is 7.44. The van der Waals surface area contributed by atoms with Crippen molar-refractivity contribution in [3.05, 3.63) is 24.3 Å². The average Bonchev–Trinajstić information content (AvgIpc) is 2.63. The van der Waals surface area contributed by atoms with Gasteiger partial charge in [0.15, 0.2) is 9.84 Å². The van der Waals surface area contributed by atoms with Crippen LogP contribution in [0.4, 0.5) is 5.69 Å². The third kappa shape index (κ3) is 3.94. The van der Waals surface area contributed by atoms with E-state index in [0.717, 1.165) is 24.7 Å². The smallest absolute Gasteiger partial charge is 0.178 e. The van der Waals surface area contributed by atoms with E-state index in [4.69, 9.17) is 0 Å². The van der Waals surface area contributed by atoms with Crippen LogP contribution in [0.3, 0.4) is 0 Å². The van der Waals surface area contributed by atoms with Gasteiger partial charge in [0.25, 0.3) is 0 Å². The topological polar surface area (TPSA) is 40.6 Å². The van der Waals surface area contributed by atoms with E-state index >= 15 is 0 Å². The Hall–Kier alpha value is -1.07. The molecular weight excluding hydrogens is 320 g/mol. The molecular formula is C19H30N2O2S. The molecule has 1 aromatic rings. The standard InChI is InChI=1S/C19H30N2O2S/c1-3-24(22,23)19-6-4-5-18(15-19)21-13-9-17(10-14-21)20-11-7-16(2)8-12-20/h4-6,15-17H,3,7-14H2,1-2H3. The highest BCUT2D eigenvalue weighted by atomic mass is 32.2. The first-order valence-electron chi connectivity index (χ1n) is 9.31. The molecule has 5 heteroatoms. The lowest BCUT2D eigenvalue weighted by Gasteiger charge is -2.42. The van der Waals surface area contributed by atoms with Crippen molar-refractivity contribution in [2.75, 3.05) is 36.8 Å². The second-order valence-corrected chi connectivity index (χ2v) is 9.62. The number of nitrogens with zero attached hydrogens (tertiary/aromatic N) is 2. The van der Waals surface area contributed by atoms with Crippen molar-refractivity contribution in [3.63, 3.8) is 0 Å². The fourth-order valence-electron chi connectivity index (χ4n) is 3.92. The van der Waals surface area contributed by atoms with Crippen molar-refractivity contribution in [1.29, 1.82) is 0 Å². The van der Waals surface area contributed by atoms with E-state index in [-0.39, 0.29) is 5.75 Å². The number of benzene rings is 1. The van der Waals surface area contributed by atoms with Crippen molar-refractivity contribution in [3.8, 4) is 0 Å². The Morgan fingerprint density at radius 3 is 2.33 bits per heavy atom. The highest BCUT2D eigenvalue weighted by molar-refractivity contribution is 7.91. The molecule has 2 aliphatic heterocycles. The summed E-state index contributed by atoms with van der Waals surface area (Å²) in [5.74, 6) is 1.04. The molecule has 0 spiro atoms. The fraction of sp³-hybridized carbons (Fsp3) is 0.684. The van der Waals surface area contributed by atoms with Gasteiger partial charge in [-0.3, -0.25) is 0 Å². The summed E-state index contributed by atoms with van der Waals surface area (Å²) in [5.41, 5.74) is 1.05. The number of hydrogen-bond donors (Lipinski definition) is 0. The minimum Gasteiger partial charge on any atom is -0.371 e. The second-order valence-electron chi connectivity index (χ2n) is 7.34. The van der Waals surface area contributed by atoms with Crippen molar-refractivity contribution in [1.82, 2.24) is 4.90 Å². The van der Waals surface area contributed by atoms with Gasteiger partial charge in [-0.2, -0.15) is 0 Å². The largest absolute Gasteiger partial charge is 0.371 e. The lowest BCUT2D eigenvalue weighted by molar-refractivity contribution is 0.120. The zero-order valence-corrected chi connectivity index (χ0v) is 15.8. The first kappa shape index (κ1) is 17.7. The molecule has 1 aromatic carbocycles. The van der Waals surface area contributed by atoms with E-state index < -0.39 is 9.84 Å². The van der Waals surface area contributed by atoms with Crippen LogP contribution in [0.1, 0.15) is 39.5 Å². The molecule has 4 nitrogen and oxygen atoms in total. The summed E-state index contributed by atoms with van der Waals surface area (Å²) in [7, 11) is -3.13. The molecule has 0 atom stereocenters. The molecule has 0 aromatic heterocycles. The van der Waals surface area contributed by atoms with Crippen LogP contribution >= 0.6 is 0 Å². The highest BCUT2D eigenvalue weighted by Crippen LogP contribution is 2.27. The van der Waals surface area contributed by atoms with E-state index in [1.165, 1.54) is 38.8 Å². The van der Waals surface area contributed by atoms with Gasteiger partial charge in [-0.25, -0.2) is 8.42 Å². The molecule has 0 amide bonds. The summed E-state index contributed by atoms with van der Waals surface area (Å²) in [4.78, 5) is 5.47. The Morgan fingerprint density at radius 1 is 1.04 bits per heavy atom. The van der Waals surface area contributed by atoms with Crippen molar-refractivity contribution >= 4 is 15.5 Å². The maximum atomic E-state index is 12.1. The summed E-state index contributed by atoms with van der Waals surface area (Å²) in [6.07, 6.45) is 5.02. The normalized spacial score (nSPS) is 22.0. The van der Waals surface area contributed by atoms with Crippen molar-refractivity contribution in [2.45, 2.75) is 50.5 Å². The Labute approximate surface area is 146 Å². The maximum Gasteiger partial charge on any atom is 0.178 e. The molecule has 2 fully saturated rings. The first-order valence-corrected chi connectivity index (χ1v) is 11.0. The van der Waals surface area contributed by atoms with E-state index in [0.29, 0.717) is 10.9 Å². The molecule has 0 unspecified atom stereocenters.